The minimum atomic E-state index is -1.64. The van der Waals surface area contributed by atoms with Gasteiger partial charge in [-0.05, 0) is 101 Å². The second-order valence-corrected chi connectivity index (χ2v) is 27.2. The Balaban J connectivity index is 3.01. The van der Waals surface area contributed by atoms with Gasteiger partial charge in [0.15, 0.2) is 0 Å². The standard InChI is InChI=1S/C69H115N11O13/c1-24-26-31-45(13)59(82)58-63(86)72-50(25-2)65(88)74(17)39-54(81)78(21)57(48(16)93-35-30-34-49-32-28-27-29-33-49)62(85)73-55(43(9)10)68(91)75(18)51(36-40(3)4)61(84)70-46(14)60(83)71-47(15)64(87)76(19)52(37-41(5)6)66(89)77(20)53(38-42(7)8)67(90)79(22)56(44(11)12)69(92)80(58)23/h24,26-30,32-34,40-48,50-53,55-59,82H,25,31,35-39H2,1-23H3,(H,70,84)(H,71,83)(H,72,86)(H,73,85)/b26-24+,34-30+/t45-,46+,47-,48-,50+,51+,52+,53+,55+,56+,57+,58+,59-/m1/s1. The van der Waals surface area contributed by atoms with Gasteiger partial charge in [-0.15, -0.1) is 0 Å². The maximum Gasteiger partial charge on any atom is 0.246 e. The predicted molar refractivity (Wildman–Crippen MR) is 360 cm³/mol. The number of aliphatic hydroxyl groups excluding tert-OH is 1. The maximum absolute atomic E-state index is 15.2. The predicted octanol–water partition coefficient (Wildman–Crippen LogP) is 4.34. The summed E-state index contributed by atoms with van der Waals surface area (Å²) < 4.78 is 6.21. The number of carbonyl (C=O) groups excluding carboxylic acids is 11. The number of rotatable bonds is 18. The van der Waals surface area contributed by atoms with E-state index in [0.29, 0.717) is 6.42 Å². The van der Waals surface area contributed by atoms with E-state index >= 15 is 14.4 Å². The van der Waals surface area contributed by atoms with Gasteiger partial charge in [0.1, 0.15) is 60.4 Å². The van der Waals surface area contributed by atoms with Crippen molar-refractivity contribution in [2.24, 2.45) is 35.5 Å². The van der Waals surface area contributed by atoms with Gasteiger partial charge in [0.2, 0.25) is 65.0 Å². The normalized spacial score (nSPS) is 25.9. The van der Waals surface area contributed by atoms with Crippen LogP contribution in [0.5, 0.6) is 0 Å². The van der Waals surface area contributed by atoms with Crippen molar-refractivity contribution in [3.63, 3.8) is 0 Å². The summed E-state index contributed by atoms with van der Waals surface area (Å²) in [6, 6.07) is -3.53. The first-order valence-corrected chi connectivity index (χ1v) is 33.0. The molecule has 24 heteroatoms. The van der Waals surface area contributed by atoms with Crippen molar-refractivity contribution in [1.29, 1.82) is 0 Å². The zero-order valence-corrected chi connectivity index (χ0v) is 60.0. The Morgan fingerprint density at radius 3 is 1.51 bits per heavy atom. The van der Waals surface area contributed by atoms with E-state index in [0.717, 1.165) is 20.3 Å². The van der Waals surface area contributed by atoms with E-state index in [9.17, 15) is 43.5 Å². The van der Waals surface area contributed by atoms with Gasteiger partial charge in [0, 0.05) is 49.3 Å². The molecule has 0 spiro atoms. The molecule has 524 valence electrons. The average Bonchev–Trinajstić information content (AvgIpc) is 0.818. The third-order valence-corrected chi connectivity index (χ3v) is 17.3. The van der Waals surface area contributed by atoms with Gasteiger partial charge in [-0.2, -0.15) is 0 Å². The van der Waals surface area contributed by atoms with E-state index in [2.05, 4.69) is 21.3 Å². The summed E-state index contributed by atoms with van der Waals surface area (Å²) in [5.41, 5.74) is 0.884. The number of hydrogen-bond donors (Lipinski definition) is 5. The Morgan fingerprint density at radius 2 is 1.00 bits per heavy atom. The topological polar surface area (TPSA) is 288 Å². The molecule has 13 atom stereocenters. The Hall–Kier alpha value is -7.21. The highest BCUT2D eigenvalue weighted by atomic mass is 16.5. The Labute approximate surface area is 554 Å². The van der Waals surface area contributed by atoms with Crippen molar-refractivity contribution in [3.05, 3.63) is 54.1 Å². The summed E-state index contributed by atoms with van der Waals surface area (Å²) in [6.07, 6.45) is 5.27. The van der Waals surface area contributed by atoms with Gasteiger partial charge in [-0.3, -0.25) is 52.7 Å². The molecule has 0 radical (unpaired) electrons. The van der Waals surface area contributed by atoms with Crippen LogP contribution in [-0.4, -0.2) is 239 Å². The summed E-state index contributed by atoms with van der Waals surface area (Å²) in [4.78, 5) is 170. The minimum absolute atomic E-state index is 0.00420. The largest absolute Gasteiger partial charge is 0.390 e. The van der Waals surface area contributed by atoms with Crippen LogP contribution in [0.25, 0.3) is 6.08 Å². The Bertz CT molecular complexity index is 2740. The van der Waals surface area contributed by atoms with Crippen LogP contribution < -0.4 is 21.3 Å². The monoisotopic (exact) mass is 1310 g/mol. The number of allylic oxidation sites excluding steroid dienone is 2. The van der Waals surface area contributed by atoms with E-state index in [1.807, 2.05) is 78.0 Å². The van der Waals surface area contributed by atoms with Crippen LogP contribution in [-0.2, 0) is 57.5 Å². The summed E-state index contributed by atoms with van der Waals surface area (Å²) in [5, 5.41) is 23.2. The molecular formula is C69H115N11O13. The molecule has 24 nitrogen and oxygen atoms in total. The Kier molecular flexibility index (Phi) is 33.7. The van der Waals surface area contributed by atoms with Crippen LogP contribution in [0.4, 0.5) is 0 Å². The van der Waals surface area contributed by atoms with Crippen LogP contribution in [0.3, 0.4) is 0 Å². The number of ether oxygens (including phenoxy) is 1. The first-order valence-electron chi connectivity index (χ1n) is 33.0. The minimum Gasteiger partial charge on any atom is -0.390 e. The molecule has 1 aliphatic heterocycles. The second kappa shape index (κ2) is 38.2. The lowest BCUT2D eigenvalue weighted by Crippen LogP contribution is -2.63. The van der Waals surface area contributed by atoms with Crippen LogP contribution in [0.2, 0.25) is 0 Å². The number of aliphatic hydroxyl groups is 1. The van der Waals surface area contributed by atoms with Crippen LogP contribution in [0.1, 0.15) is 148 Å². The molecule has 0 unspecified atom stereocenters. The molecule has 11 amide bonds. The summed E-state index contributed by atoms with van der Waals surface area (Å²) in [5.74, 6) is -10.2. The van der Waals surface area contributed by atoms with Crippen molar-refractivity contribution in [1.82, 2.24) is 55.6 Å². The maximum atomic E-state index is 15.2. The number of nitrogens with zero attached hydrogens (tertiary/aromatic N) is 7. The van der Waals surface area contributed by atoms with Crippen molar-refractivity contribution in [2.45, 2.75) is 216 Å². The summed E-state index contributed by atoms with van der Waals surface area (Å²) in [7, 11) is 9.80. The third-order valence-electron chi connectivity index (χ3n) is 17.3. The molecule has 2 rings (SSSR count). The highest BCUT2D eigenvalue weighted by Crippen LogP contribution is 2.26. The van der Waals surface area contributed by atoms with Gasteiger partial charge in [-0.1, -0.05) is 138 Å². The van der Waals surface area contributed by atoms with Gasteiger partial charge in [-0.25, -0.2) is 0 Å². The fraction of sp³-hybridized carbons (Fsp3) is 0.696. The zero-order valence-electron chi connectivity index (χ0n) is 60.0. The van der Waals surface area contributed by atoms with Gasteiger partial charge in [0.05, 0.1) is 25.4 Å². The van der Waals surface area contributed by atoms with E-state index in [-0.39, 0.29) is 50.0 Å². The van der Waals surface area contributed by atoms with Gasteiger partial charge < -0.3 is 65.4 Å². The van der Waals surface area contributed by atoms with Gasteiger partial charge >= 0.3 is 0 Å². The second-order valence-electron chi connectivity index (χ2n) is 27.2. The smallest absolute Gasteiger partial charge is 0.246 e. The lowest BCUT2D eigenvalue weighted by Gasteiger charge is -2.41. The molecule has 0 bridgehead atoms. The zero-order chi connectivity index (χ0) is 71.2. The molecule has 1 aromatic carbocycles. The van der Waals surface area contributed by atoms with E-state index in [1.54, 1.807) is 73.6 Å². The number of amides is 11. The first kappa shape index (κ1) is 81.9. The third kappa shape index (κ3) is 23.3. The molecule has 93 heavy (non-hydrogen) atoms. The molecular weight excluding hydrogens is 1190 g/mol. The molecule has 1 saturated heterocycles. The van der Waals surface area contributed by atoms with Crippen LogP contribution in [0, 0.1) is 35.5 Å². The van der Waals surface area contributed by atoms with E-state index in [4.69, 9.17) is 4.74 Å². The van der Waals surface area contributed by atoms with Gasteiger partial charge in [0.25, 0.3) is 0 Å². The van der Waals surface area contributed by atoms with E-state index in [1.165, 1.54) is 82.8 Å². The number of nitrogens with one attached hydrogen (secondary N) is 4. The Morgan fingerprint density at radius 1 is 0.516 bits per heavy atom. The molecule has 0 saturated carbocycles. The van der Waals surface area contributed by atoms with Crippen LogP contribution >= 0.6 is 0 Å². The SMILES string of the molecule is C/C=C/C[C@@H](C)[C@@H](O)[C@H]1C(=O)N[C@@H](CC)C(=O)N(C)CC(=O)N(C)[C@@H]([C@@H](C)OC/C=C/c2ccccc2)C(=O)N[C@@H](C(C)C)C(=O)N(C)[C@@H](CC(C)C)C(=O)N[C@@H](C)C(=O)N[C@H](C)C(=O)N(C)[C@@H](CC(C)C)C(=O)N(C)[C@@H](CC(C)C)C(=O)N(C)[C@@H](C(C)C)C(=O)N1C. The first-order chi connectivity index (χ1) is 43.3. The van der Waals surface area contributed by atoms with Crippen molar-refractivity contribution in [2.75, 3.05) is 62.5 Å². The highest BCUT2D eigenvalue weighted by Gasteiger charge is 2.46. The molecule has 1 heterocycles. The molecule has 0 aromatic heterocycles. The molecule has 1 aliphatic rings. The number of benzene rings is 1. The summed E-state index contributed by atoms with van der Waals surface area (Å²) >= 11 is 0. The van der Waals surface area contributed by atoms with Crippen LogP contribution in [0.15, 0.2) is 48.6 Å². The quantitative estimate of drug-likeness (QED) is 0.128. The fourth-order valence-corrected chi connectivity index (χ4v) is 11.5. The summed E-state index contributed by atoms with van der Waals surface area (Å²) in [6.45, 7) is 27.0. The number of carbonyl (C=O) groups is 11. The highest BCUT2D eigenvalue weighted by molar-refractivity contribution is 5.99. The molecule has 0 aliphatic carbocycles. The molecule has 1 aromatic rings. The van der Waals surface area contributed by atoms with Crippen molar-refractivity contribution < 1.29 is 62.6 Å². The number of likely N-dealkylation sites (N-methyl/N-ethyl adjacent to an activating group) is 7. The van der Waals surface area contributed by atoms with Crippen molar-refractivity contribution in [3.8, 4) is 0 Å². The fourth-order valence-electron chi connectivity index (χ4n) is 11.5. The average molecular weight is 1310 g/mol. The molecule has 1 fully saturated rings. The van der Waals surface area contributed by atoms with E-state index < -0.39 is 162 Å². The number of hydrogen-bond acceptors (Lipinski definition) is 13. The molecule has 5 N–H and O–H groups in total. The lowest BCUT2D eigenvalue weighted by molar-refractivity contribution is -0.157. The lowest BCUT2D eigenvalue weighted by atomic mass is 9.91. The van der Waals surface area contributed by atoms with Crippen molar-refractivity contribution >= 4 is 71.1 Å².